The quantitative estimate of drug-likeness (QED) is 0.738. The van der Waals surface area contributed by atoms with Gasteiger partial charge in [-0.2, -0.15) is 0 Å². The number of aromatic carboxylic acids is 1. The van der Waals surface area contributed by atoms with Gasteiger partial charge in [-0.25, -0.2) is 18.4 Å². The first kappa shape index (κ1) is 19.6. The molecule has 0 aliphatic heterocycles. The molecule has 0 fully saturated rings. The minimum atomic E-state index is -3.78. The number of sulfonamides is 1. The Balaban J connectivity index is 0.000000690. The van der Waals surface area contributed by atoms with E-state index in [1.165, 1.54) is 18.2 Å². The number of nitrogens with one attached hydrogen (secondary N) is 1. The average molecular weight is 316 g/mol. The predicted molar refractivity (Wildman–Crippen MR) is 83.0 cm³/mol. The maximum Gasteiger partial charge on any atom is 0.335 e. The van der Waals surface area contributed by atoms with Crippen molar-refractivity contribution in [3.63, 3.8) is 0 Å². The Labute approximate surface area is 126 Å². The summed E-state index contributed by atoms with van der Waals surface area (Å²) in [5.41, 5.74) is 0.607. The molecule has 0 amide bonds. The monoisotopic (exact) mass is 316 g/mol. The van der Waals surface area contributed by atoms with Crippen LogP contribution in [0.4, 0.5) is 0 Å². The van der Waals surface area contributed by atoms with E-state index in [9.17, 15) is 13.2 Å². The van der Waals surface area contributed by atoms with E-state index < -0.39 is 16.0 Å². The summed E-state index contributed by atoms with van der Waals surface area (Å²) < 4.78 is 22.2. The van der Waals surface area contributed by atoms with Crippen molar-refractivity contribution in [3.05, 3.63) is 29.3 Å². The van der Waals surface area contributed by atoms with Crippen molar-refractivity contribution in [2.24, 2.45) is 5.14 Å². The number of carboxylic acid groups (broad SMARTS) is 1. The van der Waals surface area contributed by atoms with Crippen LogP contribution in [0.2, 0.25) is 0 Å². The number of rotatable bonds is 6. The molecule has 0 bridgehead atoms. The van der Waals surface area contributed by atoms with Gasteiger partial charge in [0, 0.05) is 0 Å². The van der Waals surface area contributed by atoms with Crippen LogP contribution in [0.5, 0.6) is 0 Å². The zero-order valence-electron chi connectivity index (χ0n) is 12.7. The zero-order chi connectivity index (χ0) is 16.5. The summed E-state index contributed by atoms with van der Waals surface area (Å²) >= 11 is 0. The number of aryl methyl sites for hydroxylation is 1. The number of primary sulfonamides is 1. The van der Waals surface area contributed by atoms with Crippen LogP contribution in [-0.4, -0.2) is 32.6 Å². The molecule has 0 spiro atoms. The summed E-state index contributed by atoms with van der Waals surface area (Å²) in [7, 11) is -3.78. The summed E-state index contributed by atoms with van der Waals surface area (Å²) in [6, 6.07) is 3.80. The summed E-state index contributed by atoms with van der Waals surface area (Å²) in [6.07, 6.45) is 1.24. The van der Waals surface area contributed by atoms with Gasteiger partial charge in [-0.1, -0.05) is 27.2 Å². The second-order valence-corrected chi connectivity index (χ2v) is 5.94. The van der Waals surface area contributed by atoms with E-state index in [4.69, 9.17) is 10.2 Å². The van der Waals surface area contributed by atoms with Gasteiger partial charge in [-0.05, 0) is 43.3 Å². The molecular formula is C14H24N2O4S. The van der Waals surface area contributed by atoms with Crippen LogP contribution in [0.1, 0.15) is 43.1 Å². The number of carboxylic acids is 1. The lowest BCUT2D eigenvalue weighted by molar-refractivity contribution is 0.0695. The maximum atomic E-state index is 11.1. The van der Waals surface area contributed by atoms with Crippen LogP contribution < -0.4 is 10.5 Å². The molecule has 4 N–H and O–H groups in total. The Morgan fingerprint density at radius 1 is 1.24 bits per heavy atom. The third kappa shape index (κ3) is 7.22. The van der Waals surface area contributed by atoms with Crippen molar-refractivity contribution < 1.29 is 18.3 Å². The van der Waals surface area contributed by atoms with Gasteiger partial charge in [0.2, 0.25) is 10.0 Å². The Morgan fingerprint density at radius 3 is 2.14 bits per heavy atom. The van der Waals surface area contributed by atoms with Gasteiger partial charge in [0.1, 0.15) is 0 Å². The fourth-order valence-electron chi connectivity index (χ4n) is 1.68. The van der Waals surface area contributed by atoms with Crippen molar-refractivity contribution in [2.45, 2.75) is 38.5 Å². The third-order valence-electron chi connectivity index (χ3n) is 2.65. The molecular weight excluding hydrogens is 292 g/mol. The number of nitrogens with two attached hydrogens (primary N) is 1. The molecule has 0 saturated carbocycles. The number of hydrogen-bond acceptors (Lipinski definition) is 4. The Hall–Kier alpha value is -1.44. The molecule has 0 atom stereocenters. The molecule has 0 saturated heterocycles. The first-order valence-electron chi connectivity index (χ1n) is 6.87. The molecule has 0 heterocycles. The van der Waals surface area contributed by atoms with Gasteiger partial charge in [0.15, 0.2) is 0 Å². The van der Waals surface area contributed by atoms with Crippen molar-refractivity contribution >= 4 is 16.0 Å². The minimum Gasteiger partial charge on any atom is -0.478 e. The molecule has 1 rings (SSSR count). The molecule has 120 valence electrons. The molecule has 0 aromatic heterocycles. The topological polar surface area (TPSA) is 109 Å². The molecule has 6 nitrogen and oxygen atoms in total. The molecule has 0 radical (unpaired) electrons. The number of benzene rings is 1. The van der Waals surface area contributed by atoms with Crippen LogP contribution in [0, 0.1) is 0 Å². The van der Waals surface area contributed by atoms with Crippen LogP contribution in [-0.2, 0) is 16.4 Å². The van der Waals surface area contributed by atoms with Gasteiger partial charge in [0.05, 0.1) is 10.5 Å². The lowest BCUT2D eigenvalue weighted by Crippen LogP contribution is -2.13. The van der Waals surface area contributed by atoms with Crippen molar-refractivity contribution in [1.82, 2.24) is 5.32 Å². The highest BCUT2D eigenvalue weighted by atomic mass is 32.2. The predicted octanol–water partition coefficient (Wildman–Crippen LogP) is 1.60. The normalized spacial score (nSPS) is 10.7. The van der Waals surface area contributed by atoms with Crippen LogP contribution in [0.15, 0.2) is 23.1 Å². The van der Waals surface area contributed by atoms with Gasteiger partial charge < -0.3 is 10.4 Å². The second-order valence-electron chi connectivity index (χ2n) is 4.38. The molecule has 21 heavy (non-hydrogen) atoms. The Morgan fingerprint density at radius 2 is 1.81 bits per heavy atom. The van der Waals surface area contributed by atoms with Crippen LogP contribution in [0.25, 0.3) is 0 Å². The van der Waals surface area contributed by atoms with Crippen molar-refractivity contribution in [1.29, 1.82) is 0 Å². The molecule has 1 aromatic rings. The number of carbonyl (C=O) groups is 1. The number of hydrogen-bond donors (Lipinski definition) is 3. The highest BCUT2D eigenvalue weighted by Crippen LogP contribution is 2.17. The van der Waals surface area contributed by atoms with Crippen molar-refractivity contribution in [2.75, 3.05) is 13.1 Å². The molecule has 1 aromatic carbocycles. The van der Waals surface area contributed by atoms with Crippen LogP contribution >= 0.6 is 0 Å². The molecule has 7 heteroatoms. The van der Waals surface area contributed by atoms with Gasteiger partial charge in [-0.3, -0.25) is 0 Å². The average Bonchev–Trinajstić information content (AvgIpc) is 2.39. The molecule has 0 aliphatic carbocycles. The van der Waals surface area contributed by atoms with Gasteiger partial charge in [0.25, 0.3) is 0 Å². The van der Waals surface area contributed by atoms with E-state index in [-0.39, 0.29) is 10.5 Å². The van der Waals surface area contributed by atoms with E-state index in [2.05, 4.69) is 19.2 Å². The van der Waals surface area contributed by atoms with Crippen LogP contribution in [0.3, 0.4) is 0 Å². The van der Waals surface area contributed by atoms with Gasteiger partial charge in [-0.15, -0.1) is 0 Å². The highest BCUT2D eigenvalue weighted by Gasteiger charge is 2.14. The standard InChI is InChI=1S/C10H13NO4S.C4H11N/c1-2-3-7-6-8(16(11,14)15)4-5-9(7)10(12)13;1-3-5-4-2/h4-6H,2-3H2,1H3,(H,12,13)(H2,11,14,15);5H,3-4H2,1-2H3. The fourth-order valence-corrected chi connectivity index (χ4v) is 2.25. The van der Waals surface area contributed by atoms with E-state index in [0.29, 0.717) is 12.0 Å². The summed E-state index contributed by atoms with van der Waals surface area (Å²) in [5, 5.41) is 17.0. The van der Waals surface area contributed by atoms with Gasteiger partial charge >= 0.3 is 5.97 Å². The fraction of sp³-hybridized carbons (Fsp3) is 0.500. The Bertz CT molecular complexity index is 554. The minimum absolute atomic E-state index is 0.0547. The second kappa shape index (κ2) is 9.49. The summed E-state index contributed by atoms with van der Waals surface area (Å²) in [5.74, 6) is -1.07. The molecule has 0 unspecified atom stereocenters. The largest absolute Gasteiger partial charge is 0.478 e. The molecule has 0 aliphatic rings. The van der Waals surface area contributed by atoms with E-state index in [1.54, 1.807) is 0 Å². The third-order valence-corrected chi connectivity index (χ3v) is 3.57. The highest BCUT2D eigenvalue weighted by molar-refractivity contribution is 7.89. The Kier molecular flexibility index (Phi) is 8.84. The summed E-state index contributed by atoms with van der Waals surface area (Å²) in [6.45, 7) is 8.27. The summed E-state index contributed by atoms with van der Waals surface area (Å²) in [4.78, 5) is 10.8. The SMILES string of the molecule is CCCc1cc(S(N)(=O)=O)ccc1C(=O)O.CCNCC. The smallest absolute Gasteiger partial charge is 0.335 e. The first-order chi connectivity index (χ1) is 9.77. The first-order valence-corrected chi connectivity index (χ1v) is 8.42. The lowest BCUT2D eigenvalue weighted by atomic mass is 10.0. The zero-order valence-corrected chi connectivity index (χ0v) is 13.5. The lowest BCUT2D eigenvalue weighted by Gasteiger charge is -2.06. The van der Waals surface area contributed by atoms with Crippen molar-refractivity contribution in [3.8, 4) is 0 Å². The maximum absolute atomic E-state index is 11.1. The van der Waals surface area contributed by atoms with E-state index in [0.717, 1.165) is 19.5 Å². The van der Waals surface area contributed by atoms with E-state index >= 15 is 0 Å². The van der Waals surface area contributed by atoms with E-state index in [1.807, 2.05) is 6.92 Å².